The summed E-state index contributed by atoms with van der Waals surface area (Å²) in [6.45, 7) is 4.00. The van der Waals surface area contributed by atoms with Gasteiger partial charge < -0.3 is 10.1 Å². The molecule has 3 rings (SSSR count). The molecule has 0 unspecified atom stereocenters. The molecule has 0 spiro atoms. The van der Waals surface area contributed by atoms with Crippen molar-refractivity contribution in [3.63, 3.8) is 0 Å². The first-order valence-corrected chi connectivity index (χ1v) is 6.18. The second-order valence-corrected chi connectivity index (χ2v) is 4.76. The number of hydrogen-bond donors (Lipinski definition) is 1. The van der Waals surface area contributed by atoms with Gasteiger partial charge in [0.15, 0.2) is 0 Å². The number of nitrogens with one attached hydrogen (secondary N) is 1. The van der Waals surface area contributed by atoms with Gasteiger partial charge in [-0.3, -0.25) is 4.98 Å². The van der Waals surface area contributed by atoms with E-state index in [1.165, 1.54) is 11.3 Å². The maximum atomic E-state index is 5.37. The lowest BCUT2D eigenvalue weighted by Gasteiger charge is -2.28. The lowest BCUT2D eigenvalue weighted by Crippen LogP contribution is -2.39. The van der Waals surface area contributed by atoms with E-state index in [4.69, 9.17) is 4.74 Å². The normalized spacial score (nSPS) is 23.0. The number of aromatic nitrogens is 1. The van der Waals surface area contributed by atoms with Crippen molar-refractivity contribution in [2.24, 2.45) is 0 Å². The average Bonchev–Trinajstić information content (AvgIpc) is 2.29. The molecule has 16 heavy (non-hydrogen) atoms. The molecular weight excluding hydrogens is 200 g/mol. The number of rotatable bonds is 2. The van der Waals surface area contributed by atoms with Gasteiger partial charge in [-0.2, -0.15) is 0 Å². The van der Waals surface area contributed by atoms with Gasteiger partial charge in [0.1, 0.15) is 0 Å². The second kappa shape index (κ2) is 4.52. The average molecular weight is 218 g/mol. The van der Waals surface area contributed by atoms with Crippen LogP contribution in [0.1, 0.15) is 35.9 Å². The molecule has 2 saturated heterocycles. The molecule has 0 saturated carbocycles. The molecule has 3 nitrogen and oxygen atoms in total. The third-order valence-electron chi connectivity index (χ3n) is 3.70. The van der Waals surface area contributed by atoms with Crippen LogP contribution in [0.3, 0.4) is 0 Å². The van der Waals surface area contributed by atoms with Crippen molar-refractivity contribution in [1.82, 2.24) is 10.3 Å². The Balaban J connectivity index is 1.70. The molecule has 86 valence electrons. The molecule has 3 heterocycles. The molecule has 0 atom stereocenters. The Morgan fingerprint density at radius 2 is 1.94 bits per heavy atom. The van der Waals surface area contributed by atoms with Crippen LogP contribution < -0.4 is 5.32 Å². The van der Waals surface area contributed by atoms with Crippen molar-refractivity contribution >= 4 is 0 Å². The van der Waals surface area contributed by atoms with Crippen molar-refractivity contribution in [3.05, 3.63) is 29.6 Å². The summed E-state index contributed by atoms with van der Waals surface area (Å²) in [5, 5.41) is 3.29. The quantitative estimate of drug-likeness (QED) is 0.819. The molecule has 1 N–H and O–H groups in total. The summed E-state index contributed by atoms with van der Waals surface area (Å²) in [6, 6.07) is 4.47. The van der Waals surface area contributed by atoms with Gasteiger partial charge in [-0.1, -0.05) is 6.07 Å². The number of hydrogen-bond acceptors (Lipinski definition) is 3. The smallest absolute Gasteiger partial charge is 0.0472 e. The molecule has 0 aromatic carbocycles. The summed E-state index contributed by atoms with van der Waals surface area (Å²) < 4.78 is 5.37. The summed E-state index contributed by atoms with van der Waals surface area (Å²) in [5.41, 5.74) is 2.63. The van der Waals surface area contributed by atoms with Crippen molar-refractivity contribution in [1.29, 1.82) is 0 Å². The fourth-order valence-electron chi connectivity index (χ4n) is 2.42. The molecule has 0 amide bonds. The first-order chi connectivity index (χ1) is 7.93. The summed E-state index contributed by atoms with van der Waals surface area (Å²) in [5.74, 6) is 1.30. The minimum atomic E-state index is 0.613. The summed E-state index contributed by atoms with van der Waals surface area (Å²) >= 11 is 0. The summed E-state index contributed by atoms with van der Waals surface area (Å²) in [4.78, 5) is 4.62. The van der Waals surface area contributed by atoms with E-state index in [-0.39, 0.29) is 0 Å². The number of ether oxygens (including phenoxy) is 1. The zero-order valence-corrected chi connectivity index (χ0v) is 9.48. The standard InChI is InChI=1S/C13H18N2O/c1-2-13(10-3-5-16-6-4-10)15-9-11(1)12-7-14-8-12/h1-2,9-10,12,14H,3-8H2. The van der Waals surface area contributed by atoms with E-state index in [9.17, 15) is 0 Å². The molecule has 0 aliphatic carbocycles. The summed E-state index contributed by atoms with van der Waals surface area (Å²) in [7, 11) is 0. The lowest BCUT2D eigenvalue weighted by molar-refractivity contribution is 0.0845. The predicted molar refractivity (Wildman–Crippen MR) is 62.6 cm³/mol. The van der Waals surface area contributed by atoms with E-state index in [1.54, 1.807) is 0 Å². The van der Waals surface area contributed by atoms with Crippen LogP contribution in [0.15, 0.2) is 18.3 Å². The Labute approximate surface area is 96.2 Å². The minimum absolute atomic E-state index is 0.613. The summed E-state index contributed by atoms with van der Waals surface area (Å²) in [6.07, 6.45) is 4.31. The van der Waals surface area contributed by atoms with Crippen LogP contribution in [0.4, 0.5) is 0 Å². The molecular formula is C13H18N2O. The lowest BCUT2D eigenvalue weighted by atomic mass is 9.92. The Morgan fingerprint density at radius 1 is 1.12 bits per heavy atom. The van der Waals surface area contributed by atoms with Crippen LogP contribution in [0.5, 0.6) is 0 Å². The SMILES string of the molecule is c1cc(C2CCOCC2)ncc1C1CNC1. The van der Waals surface area contributed by atoms with E-state index >= 15 is 0 Å². The van der Waals surface area contributed by atoms with Gasteiger partial charge in [0, 0.05) is 50.0 Å². The van der Waals surface area contributed by atoms with E-state index in [1.807, 2.05) is 0 Å². The fraction of sp³-hybridized carbons (Fsp3) is 0.615. The zero-order chi connectivity index (χ0) is 10.8. The van der Waals surface area contributed by atoms with Gasteiger partial charge in [-0.05, 0) is 24.5 Å². The van der Waals surface area contributed by atoms with E-state index in [0.717, 1.165) is 39.1 Å². The Morgan fingerprint density at radius 3 is 2.50 bits per heavy atom. The van der Waals surface area contributed by atoms with Gasteiger partial charge >= 0.3 is 0 Å². The van der Waals surface area contributed by atoms with Crippen LogP contribution in [-0.4, -0.2) is 31.3 Å². The van der Waals surface area contributed by atoms with Crippen LogP contribution in [-0.2, 0) is 4.74 Å². The van der Waals surface area contributed by atoms with E-state index in [2.05, 4.69) is 28.6 Å². The van der Waals surface area contributed by atoms with Gasteiger partial charge in [0.2, 0.25) is 0 Å². The number of pyridine rings is 1. The van der Waals surface area contributed by atoms with Crippen molar-refractivity contribution in [2.45, 2.75) is 24.7 Å². The van der Waals surface area contributed by atoms with Crippen LogP contribution in [0.2, 0.25) is 0 Å². The van der Waals surface area contributed by atoms with Crippen molar-refractivity contribution in [2.75, 3.05) is 26.3 Å². The third-order valence-corrected chi connectivity index (χ3v) is 3.70. The topological polar surface area (TPSA) is 34.1 Å². The Kier molecular flexibility index (Phi) is 2.89. The van der Waals surface area contributed by atoms with Gasteiger partial charge in [0.05, 0.1) is 0 Å². The maximum Gasteiger partial charge on any atom is 0.0472 e. The zero-order valence-electron chi connectivity index (χ0n) is 9.48. The van der Waals surface area contributed by atoms with Gasteiger partial charge in [-0.15, -0.1) is 0 Å². The Bertz CT molecular complexity index is 339. The van der Waals surface area contributed by atoms with E-state index in [0.29, 0.717) is 11.8 Å². The molecule has 2 aliphatic heterocycles. The molecule has 2 aliphatic rings. The Hall–Kier alpha value is -0.930. The highest BCUT2D eigenvalue weighted by Crippen LogP contribution is 2.26. The monoisotopic (exact) mass is 218 g/mol. The fourth-order valence-corrected chi connectivity index (χ4v) is 2.42. The molecule has 3 heteroatoms. The van der Waals surface area contributed by atoms with Crippen molar-refractivity contribution < 1.29 is 4.74 Å². The van der Waals surface area contributed by atoms with Crippen LogP contribution in [0.25, 0.3) is 0 Å². The first-order valence-electron chi connectivity index (χ1n) is 6.18. The van der Waals surface area contributed by atoms with Crippen LogP contribution >= 0.6 is 0 Å². The molecule has 0 radical (unpaired) electrons. The first kappa shape index (κ1) is 10.2. The molecule has 2 fully saturated rings. The predicted octanol–water partition coefficient (Wildman–Crippen LogP) is 1.66. The van der Waals surface area contributed by atoms with Gasteiger partial charge in [-0.25, -0.2) is 0 Å². The largest absolute Gasteiger partial charge is 0.381 e. The van der Waals surface area contributed by atoms with E-state index < -0.39 is 0 Å². The molecule has 1 aromatic heterocycles. The number of nitrogens with zero attached hydrogens (tertiary/aromatic N) is 1. The highest BCUT2D eigenvalue weighted by molar-refractivity contribution is 5.23. The maximum absolute atomic E-state index is 5.37. The highest BCUT2D eigenvalue weighted by Gasteiger charge is 2.21. The second-order valence-electron chi connectivity index (χ2n) is 4.76. The third kappa shape index (κ3) is 1.97. The van der Waals surface area contributed by atoms with Crippen LogP contribution in [0, 0.1) is 0 Å². The highest BCUT2D eigenvalue weighted by atomic mass is 16.5. The van der Waals surface area contributed by atoms with Gasteiger partial charge in [0.25, 0.3) is 0 Å². The van der Waals surface area contributed by atoms with Crippen molar-refractivity contribution in [3.8, 4) is 0 Å². The minimum Gasteiger partial charge on any atom is -0.381 e. The molecule has 0 bridgehead atoms. The molecule has 1 aromatic rings.